The Hall–Kier alpha value is -0.380. The fraction of sp³-hybridized carbons (Fsp3) is 0.500. The van der Waals surface area contributed by atoms with Crippen LogP contribution in [0.25, 0.3) is 0 Å². The molecule has 0 saturated heterocycles. The Morgan fingerprint density at radius 2 is 2.21 bits per heavy atom. The van der Waals surface area contributed by atoms with Gasteiger partial charge in [-0.25, -0.2) is 0 Å². The number of thiophene rings is 1. The fourth-order valence-corrected chi connectivity index (χ4v) is 2.29. The molecule has 2 N–H and O–H groups in total. The Balaban J connectivity index is 2.65. The summed E-state index contributed by atoms with van der Waals surface area (Å²) in [7, 11) is 0. The normalized spacial score (nSPS) is 13.2. The van der Waals surface area contributed by atoms with Crippen molar-refractivity contribution in [2.24, 2.45) is 11.7 Å². The zero-order chi connectivity index (χ0) is 10.7. The van der Waals surface area contributed by atoms with Gasteiger partial charge >= 0.3 is 0 Å². The Kier molecular flexibility index (Phi) is 4.11. The molecule has 0 aromatic carbocycles. The lowest BCUT2D eigenvalue weighted by molar-refractivity contribution is 0.0955. The van der Waals surface area contributed by atoms with E-state index in [1.54, 1.807) is 12.1 Å². The fourth-order valence-electron chi connectivity index (χ4n) is 1.24. The first kappa shape index (κ1) is 11.7. The Morgan fingerprint density at radius 3 is 2.64 bits per heavy atom. The average Bonchev–Trinajstić information content (AvgIpc) is 2.49. The molecule has 0 aliphatic carbocycles. The standard InChI is InChI=1S/C10H14ClNOS/c1-6(2)5-7(12)10(13)8-3-4-9(11)14-8/h3-4,6-7H,5,12H2,1-2H3. The number of hydrogen-bond acceptors (Lipinski definition) is 3. The van der Waals surface area contributed by atoms with Crippen LogP contribution in [0.1, 0.15) is 29.9 Å². The molecule has 1 unspecified atom stereocenters. The summed E-state index contributed by atoms with van der Waals surface area (Å²) in [5.41, 5.74) is 5.77. The summed E-state index contributed by atoms with van der Waals surface area (Å²) in [6, 6.07) is 3.06. The van der Waals surface area contributed by atoms with Gasteiger partial charge in [-0.2, -0.15) is 0 Å². The zero-order valence-electron chi connectivity index (χ0n) is 8.29. The van der Waals surface area contributed by atoms with Gasteiger partial charge in [0.1, 0.15) is 0 Å². The third kappa shape index (κ3) is 3.08. The summed E-state index contributed by atoms with van der Waals surface area (Å²) in [5, 5.41) is 0. The van der Waals surface area contributed by atoms with Gasteiger partial charge in [-0.05, 0) is 24.5 Å². The number of rotatable bonds is 4. The van der Waals surface area contributed by atoms with E-state index in [-0.39, 0.29) is 5.78 Å². The van der Waals surface area contributed by atoms with Crippen molar-refractivity contribution >= 4 is 28.7 Å². The van der Waals surface area contributed by atoms with Gasteiger partial charge in [-0.1, -0.05) is 25.4 Å². The van der Waals surface area contributed by atoms with Crippen molar-refractivity contribution in [1.29, 1.82) is 0 Å². The van der Waals surface area contributed by atoms with Gasteiger partial charge < -0.3 is 5.73 Å². The van der Waals surface area contributed by atoms with Gasteiger partial charge in [0.2, 0.25) is 0 Å². The molecular formula is C10H14ClNOS. The van der Waals surface area contributed by atoms with Crippen molar-refractivity contribution in [3.8, 4) is 0 Å². The van der Waals surface area contributed by atoms with E-state index in [4.69, 9.17) is 17.3 Å². The van der Waals surface area contributed by atoms with Gasteiger partial charge in [0.25, 0.3) is 0 Å². The van der Waals surface area contributed by atoms with Crippen molar-refractivity contribution in [2.75, 3.05) is 0 Å². The topological polar surface area (TPSA) is 43.1 Å². The number of nitrogens with two attached hydrogens (primary N) is 1. The van der Waals surface area contributed by atoms with Gasteiger partial charge in [0.05, 0.1) is 15.3 Å². The van der Waals surface area contributed by atoms with Gasteiger partial charge in [-0.15, -0.1) is 11.3 Å². The van der Waals surface area contributed by atoms with Crippen LogP contribution in [0.5, 0.6) is 0 Å². The van der Waals surface area contributed by atoms with Crippen LogP contribution in [-0.4, -0.2) is 11.8 Å². The molecule has 1 heterocycles. The van der Waals surface area contributed by atoms with E-state index in [0.717, 1.165) is 0 Å². The third-order valence-corrected chi connectivity index (χ3v) is 3.12. The van der Waals surface area contributed by atoms with Crippen molar-refractivity contribution in [2.45, 2.75) is 26.3 Å². The molecule has 0 fully saturated rings. The first-order valence-electron chi connectivity index (χ1n) is 4.56. The van der Waals surface area contributed by atoms with Gasteiger partial charge in [0.15, 0.2) is 5.78 Å². The lowest BCUT2D eigenvalue weighted by atomic mass is 10.0. The lowest BCUT2D eigenvalue weighted by Crippen LogP contribution is -2.31. The highest BCUT2D eigenvalue weighted by atomic mass is 35.5. The SMILES string of the molecule is CC(C)CC(N)C(=O)c1ccc(Cl)s1. The summed E-state index contributed by atoms with van der Waals surface area (Å²) in [6.07, 6.45) is 0.717. The van der Waals surface area contributed by atoms with Crippen LogP contribution in [0, 0.1) is 5.92 Å². The smallest absolute Gasteiger partial charge is 0.189 e. The Labute approximate surface area is 93.1 Å². The number of halogens is 1. The van der Waals surface area contributed by atoms with Crippen molar-refractivity contribution in [1.82, 2.24) is 0 Å². The third-order valence-electron chi connectivity index (χ3n) is 1.88. The van der Waals surface area contributed by atoms with E-state index in [9.17, 15) is 4.79 Å². The number of hydrogen-bond donors (Lipinski definition) is 1. The maximum atomic E-state index is 11.7. The molecule has 1 atom stereocenters. The number of carbonyl (C=O) groups excluding carboxylic acids is 1. The maximum Gasteiger partial charge on any atom is 0.189 e. The quantitative estimate of drug-likeness (QED) is 0.810. The molecule has 1 rings (SSSR count). The largest absolute Gasteiger partial charge is 0.321 e. The molecule has 0 amide bonds. The maximum absolute atomic E-state index is 11.7. The van der Waals surface area contributed by atoms with Crippen LogP contribution in [0.15, 0.2) is 12.1 Å². The minimum Gasteiger partial charge on any atom is -0.321 e. The average molecular weight is 232 g/mol. The molecule has 0 spiro atoms. The minimum atomic E-state index is -0.398. The number of ketones is 1. The van der Waals surface area contributed by atoms with Crippen LogP contribution in [0.3, 0.4) is 0 Å². The summed E-state index contributed by atoms with van der Waals surface area (Å²) in [4.78, 5) is 12.4. The minimum absolute atomic E-state index is 0.00407. The molecule has 14 heavy (non-hydrogen) atoms. The predicted octanol–water partition coefficient (Wildman–Crippen LogP) is 2.96. The highest BCUT2D eigenvalue weighted by Gasteiger charge is 2.18. The molecule has 0 aliphatic heterocycles. The zero-order valence-corrected chi connectivity index (χ0v) is 9.86. The van der Waals surface area contributed by atoms with Crippen molar-refractivity contribution in [3.05, 3.63) is 21.3 Å². The molecule has 0 saturated carbocycles. The second-order valence-corrected chi connectivity index (χ2v) is 5.42. The summed E-state index contributed by atoms with van der Waals surface area (Å²) < 4.78 is 0.630. The molecule has 0 bridgehead atoms. The second-order valence-electron chi connectivity index (χ2n) is 3.70. The molecule has 0 radical (unpaired) electrons. The van der Waals surface area contributed by atoms with E-state index in [2.05, 4.69) is 13.8 Å². The molecule has 1 aromatic heterocycles. The molecule has 0 aliphatic rings. The van der Waals surface area contributed by atoms with E-state index in [0.29, 0.717) is 21.6 Å². The van der Waals surface area contributed by atoms with Gasteiger partial charge in [-0.3, -0.25) is 4.79 Å². The van der Waals surface area contributed by atoms with Crippen LogP contribution in [0.4, 0.5) is 0 Å². The van der Waals surface area contributed by atoms with E-state index < -0.39 is 6.04 Å². The Morgan fingerprint density at radius 1 is 1.57 bits per heavy atom. The number of carbonyl (C=O) groups is 1. The number of Topliss-reactive ketones (excluding diaryl/α,β-unsaturated/α-hetero) is 1. The second kappa shape index (κ2) is 4.91. The van der Waals surface area contributed by atoms with Crippen LogP contribution in [0.2, 0.25) is 4.34 Å². The molecule has 4 heteroatoms. The van der Waals surface area contributed by atoms with Crippen molar-refractivity contribution in [3.63, 3.8) is 0 Å². The van der Waals surface area contributed by atoms with Crippen LogP contribution in [-0.2, 0) is 0 Å². The highest BCUT2D eigenvalue weighted by molar-refractivity contribution is 7.18. The first-order valence-corrected chi connectivity index (χ1v) is 5.75. The van der Waals surface area contributed by atoms with E-state index >= 15 is 0 Å². The van der Waals surface area contributed by atoms with Crippen LogP contribution < -0.4 is 5.73 Å². The Bertz CT molecular complexity index is 322. The van der Waals surface area contributed by atoms with E-state index in [1.165, 1.54) is 11.3 Å². The monoisotopic (exact) mass is 231 g/mol. The highest BCUT2D eigenvalue weighted by Crippen LogP contribution is 2.23. The molecule has 78 valence electrons. The lowest BCUT2D eigenvalue weighted by Gasteiger charge is -2.11. The first-order chi connectivity index (χ1) is 6.50. The van der Waals surface area contributed by atoms with Crippen molar-refractivity contribution < 1.29 is 4.79 Å². The summed E-state index contributed by atoms with van der Waals surface area (Å²) in [5.74, 6) is 0.431. The predicted molar refractivity (Wildman–Crippen MR) is 61.1 cm³/mol. The molecule has 2 nitrogen and oxygen atoms in total. The van der Waals surface area contributed by atoms with Crippen LogP contribution >= 0.6 is 22.9 Å². The van der Waals surface area contributed by atoms with Gasteiger partial charge in [0, 0.05) is 0 Å². The summed E-state index contributed by atoms with van der Waals surface area (Å²) >= 11 is 7.03. The molecule has 1 aromatic rings. The van der Waals surface area contributed by atoms with E-state index in [1.807, 2.05) is 0 Å². The molecular weight excluding hydrogens is 218 g/mol. The summed E-state index contributed by atoms with van der Waals surface area (Å²) in [6.45, 7) is 4.10.